The smallest absolute Gasteiger partial charge is 0.0636 e. The van der Waals surface area contributed by atoms with E-state index in [0.717, 1.165) is 31.4 Å². The highest BCUT2D eigenvalue weighted by molar-refractivity contribution is 6.42. The second-order valence-electron chi connectivity index (χ2n) is 6.57. The van der Waals surface area contributed by atoms with Crippen LogP contribution in [0.25, 0.3) is 0 Å². The number of allylic oxidation sites excluding steroid dienone is 1. The van der Waals surface area contributed by atoms with E-state index in [1.165, 1.54) is 11.1 Å². The lowest BCUT2D eigenvalue weighted by molar-refractivity contribution is 0.108. The van der Waals surface area contributed by atoms with Gasteiger partial charge in [-0.05, 0) is 54.9 Å². The molecule has 2 saturated carbocycles. The van der Waals surface area contributed by atoms with Gasteiger partial charge in [-0.1, -0.05) is 36.2 Å². The fourth-order valence-electron chi connectivity index (χ4n) is 4.30. The molecule has 5 heteroatoms. The second kappa shape index (κ2) is 7.02. The molecule has 0 radical (unpaired) electrons. The summed E-state index contributed by atoms with van der Waals surface area (Å²) in [6, 6.07) is 5.88. The molecule has 126 valence electrons. The van der Waals surface area contributed by atoms with Crippen molar-refractivity contribution in [3.63, 3.8) is 0 Å². The molecule has 3 rings (SSSR count). The molecule has 2 aliphatic carbocycles. The van der Waals surface area contributed by atoms with Crippen LogP contribution < -0.4 is 5.48 Å². The lowest BCUT2D eigenvalue weighted by atomic mass is 9.72. The van der Waals surface area contributed by atoms with Gasteiger partial charge < -0.3 is 5.11 Å². The zero-order chi connectivity index (χ0) is 16.6. The summed E-state index contributed by atoms with van der Waals surface area (Å²) in [5.41, 5.74) is 6.56. The zero-order valence-corrected chi connectivity index (χ0v) is 15.0. The maximum atomic E-state index is 10.5. The molecule has 2 fully saturated rings. The minimum atomic E-state index is -0.261. The van der Waals surface area contributed by atoms with Gasteiger partial charge in [0.25, 0.3) is 0 Å². The number of fused-ring (bicyclic) bond motifs is 2. The Labute approximate surface area is 147 Å². The van der Waals surface area contributed by atoms with Crippen LogP contribution in [0.5, 0.6) is 0 Å². The molecule has 2 aliphatic rings. The van der Waals surface area contributed by atoms with Crippen LogP contribution in [0.15, 0.2) is 29.5 Å². The van der Waals surface area contributed by atoms with Gasteiger partial charge in [0.05, 0.1) is 23.3 Å². The SMILES string of the molecule is CCC(NOC)=C1[C@H](c2ccc(Cl)c(Cl)c2)CC2CC(O)[C@@H]1C2. The molecule has 0 saturated heterocycles. The molecule has 2 unspecified atom stereocenters. The molecule has 2 N–H and O–H groups in total. The first-order valence-corrected chi connectivity index (χ1v) is 8.95. The molecule has 4 atom stereocenters. The first-order valence-electron chi connectivity index (χ1n) is 8.20. The molecule has 0 aliphatic heterocycles. The van der Waals surface area contributed by atoms with Gasteiger partial charge in [0.15, 0.2) is 0 Å². The largest absolute Gasteiger partial charge is 0.392 e. The van der Waals surface area contributed by atoms with Gasteiger partial charge in [-0.15, -0.1) is 0 Å². The Kier molecular flexibility index (Phi) is 5.22. The summed E-state index contributed by atoms with van der Waals surface area (Å²) < 4.78 is 0. The van der Waals surface area contributed by atoms with Gasteiger partial charge in [-0.2, -0.15) is 0 Å². The summed E-state index contributed by atoms with van der Waals surface area (Å²) in [6.07, 6.45) is 3.56. The van der Waals surface area contributed by atoms with Crippen LogP contribution >= 0.6 is 23.2 Å². The fraction of sp³-hybridized carbons (Fsp3) is 0.556. The van der Waals surface area contributed by atoms with E-state index in [4.69, 9.17) is 28.0 Å². The van der Waals surface area contributed by atoms with Crippen LogP contribution in [0.3, 0.4) is 0 Å². The molecule has 3 nitrogen and oxygen atoms in total. The molecule has 0 spiro atoms. The summed E-state index contributed by atoms with van der Waals surface area (Å²) in [5.74, 6) is 1.02. The van der Waals surface area contributed by atoms with Gasteiger partial charge in [0.2, 0.25) is 0 Å². The van der Waals surface area contributed by atoms with Gasteiger partial charge in [-0.25, -0.2) is 0 Å². The number of hydrogen-bond acceptors (Lipinski definition) is 3. The number of hydrogen-bond donors (Lipinski definition) is 2. The quantitative estimate of drug-likeness (QED) is 0.770. The second-order valence-corrected chi connectivity index (χ2v) is 7.38. The first kappa shape index (κ1) is 17.1. The Bertz CT molecular complexity index is 617. The highest BCUT2D eigenvalue weighted by Gasteiger charge is 2.45. The number of aliphatic hydroxyl groups is 1. The van der Waals surface area contributed by atoms with Crippen molar-refractivity contribution >= 4 is 23.2 Å². The molecule has 2 bridgehead atoms. The number of hydroxylamine groups is 1. The molecule has 1 aromatic rings. The van der Waals surface area contributed by atoms with E-state index in [1.807, 2.05) is 12.1 Å². The van der Waals surface area contributed by atoms with Crippen LogP contribution in [0.4, 0.5) is 0 Å². The molecular weight excluding hydrogens is 333 g/mol. The molecule has 0 amide bonds. The van der Waals surface area contributed by atoms with Gasteiger partial charge in [-0.3, -0.25) is 10.3 Å². The number of rotatable bonds is 4. The average Bonchev–Trinajstić information content (AvgIpc) is 2.83. The van der Waals surface area contributed by atoms with E-state index >= 15 is 0 Å². The highest BCUT2D eigenvalue weighted by atomic mass is 35.5. The van der Waals surface area contributed by atoms with Crippen LogP contribution in [-0.4, -0.2) is 18.3 Å². The third-order valence-corrected chi connectivity index (χ3v) is 5.98. The van der Waals surface area contributed by atoms with Crippen molar-refractivity contribution in [1.29, 1.82) is 0 Å². The van der Waals surface area contributed by atoms with Crippen molar-refractivity contribution in [2.45, 2.75) is 44.6 Å². The Morgan fingerprint density at radius 2 is 2.04 bits per heavy atom. The van der Waals surface area contributed by atoms with E-state index in [2.05, 4.69) is 18.5 Å². The lowest BCUT2D eigenvalue weighted by Crippen LogP contribution is -2.27. The average molecular weight is 356 g/mol. The Morgan fingerprint density at radius 3 is 2.70 bits per heavy atom. The standard InChI is InChI=1S/C18H23Cl2NO2/c1-3-16(21-23-2)18-12(6-10-7-13(18)17(22)8-10)11-4-5-14(19)15(20)9-11/h4-5,9-10,12-13,17,21-22H,3,6-8H2,1-2H3/t10?,12-,13-,17?/m0/s1. The predicted octanol–water partition coefficient (Wildman–Crippen LogP) is 4.68. The topological polar surface area (TPSA) is 41.5 Å². The summed E-state index contributed by atoms with van der Waals surface area (Å²) in [4.78, 5) is 5.18. The van der Waals surface area contributed by atoms with E-state index in [1.54, 1.807) is 7.11 Å². The number of benzene rings is 1. The minimum Gasteiger partial charge on any atom is -0.392 e. The number of nitrogens with one attached hydrogen (secondary N) is 1. The van der Waals surface area contributed by atoms with Crippen molar-refractivity contribution in [2.24, 2.45) is 11.8 Å². The van der Waals surface area contributed by atoms with Crippen molar-refractivity contribution in [1.82, 2.24) is 5.48 Å². The first-order chi connectivity index (χ1) is 11.0. The zero-order valence-electron chi connectivity index (χ0n) is 13.5. The molecule has 23 heavy (non-hydrogen) atoms. The highest BCUT2D eigenvalue weighted by Crippen LogP contribution is 2.53. The minimum absolute atomic E-state index is 0.200. The van der Waals surface area contributed by atoms with Crippen LogP contribution in [0.1, 0.15) is 44.1 Å². The van der Waals surface area contributed by atoms with Gasteiger partial charge >= 0.3 is 0 Å². The summed E-state index contributed by atoms with van der Waals surface area (Å²) in [7, 11) is 1.63. The van der Waals surface area contributed by atoms with Crippen LogP contribution in [0.2, 0.25) is 10.0 Å². The lowest BCUT2D eigenvalue weighted by Gasteiger charge is -2.34. The van der Waals surface area contributed by atoms with Crippen molar-refractivity contribution < 1.29 is 9.94 Å². The predicted molar refractivity (Wildman–Crippen MR) is 93.5 cm³/mol. The van der Waals surface area contributed by atoms with E-state index < -0.39 is 0 Å². The number of aliphatic hydroxyl groups excluding tert-OH is 1. The van der Waals surface area contributed by atoms with Crippen LogP contribution in [-0.2, 0) is 4.84 Å². The summed E-state index contributed by atoms with van der Waals surface area (Å²) >= 11 is 12.3. The third-order valence-electron chi connectivity index (χ3n) is 5.24. The van der Waals surface area contributed by atoms with Crippen LogP contribution in [0, 0.1) is 11.8 Å². The summed E-state index contributed by atoms with van der Waals surface area (Å²) in [5, 5.41) is 11.7. The van der Waals surface area contributed by atoms with E-state index in [9.17, 15) is 5.11 Å². The van der Waals surface area contributed by atoms with Crippen molar-refractivity contribution in [2.75, 3.05) is 7.11 Å². The van der Waals surface area contributed by atoms with Gasteiger partial charge in [0, 0.05) is 17.5 Å². The maximum Gasteiger partial charge on any atom is 0.0636 e. The third kappa shape index (κ3) is 3.25. The van der Waals surface area contributed by atoms with E-state index in [0.29, 0.717) is 16.0 Å². The van der Waals surface area contributed by atoms with Gasteiger partial charge in [0.1, 0.15) is 0 Å². The molecular formula is C18H23Cl2NO2. The maximum absolute atomic E-state index is 10.5. The Balaban J connectivity index is 2.06. The van der Waals surface area contributed by atoms with E-state index in [-0.39, 0.29) is 17.9 Å². The normalized spacial score (nSPS) is 32.0. The molecule has 1 aromatic carbocycles. The molecule has 0 aromatic heterocycles. The van der Waals surface area contributed by atoms with Crippen molar-refractivity contribution in [3.8, 4) is 0 Å². The van der Waals surface area contributed by atoms with Crippen molar-refractivity contribution in [3.05, 3.63) is 45.1 Å². The molecule has 0 heterocycles. The Morgan fingerprint density at radius 1 is 1.26 bits per heavy atom. The summed E-state index contributed by atoms with van der Waals surface area (Å²) in [6.45, 7) is 2.10. The monoisotopic (exact) mass is 355 g/mol. The Hall–Kier alpha value is -0.740. The number of halogens is 2. The fourth-order valence-corrected chi connectivity index (χ4v) is 4.61.